The van der Waals surface area contributed by atoms with Crippen LogP contribution in [0, 0.1) is 17.4 Å². The lowest BCUT2D eigenvalue weighted by atomic mass is 9.73. The lowest BCUT2D eigenvalue weighted by Gasteiger charge is -2.35. The topological polar surface area (TPSA) is 66.4 Å². The minimum atomic E-state index is -1.65. The van der Waals surface area contributed by atoms with Gasteiger partial charge >= 0.3 is 0 Å². The maximum atomic E-state index is 9.99. The lowest BCUT2D eigenvalue weighted by molar-refractivity contribution is -0.140. The van der Waals surface area contributed by atoms with Gasteiger partial charge < -0.3 is 28.8 Å². The summed E-state index contributed by atoms with van der Waals surface area (Å²) in [6.07, 6.45) is 2.44. The van der Waals surface area contributed by atoms with E-state index in [1.807, 2.05) is 13.0 Å². The van der Waals surface area contributed by atoms with Gasteiger partial charge in [0.2, 0.25) is 0 Å². The molecule has 1 heterocycles. The van der Waals surface area contributed by atoms with Crippen LogP contribution in [0.3, 0.4) is 0 Å². The zero-order valence-corrected chi connectivity index (χ0v) is 17.8. The molecule has 1 aliphatic heterocycles. The van der Waals surface area contributed by atoms with Crippen LogP contribution >= 0.6 is 0 Å². The Kier molecular flexibility index (Phi) is 7.08. The molecule has 0 aromatic carbocycles. The number of allylic oxidation sites excluding steroid dienone is 1. The molecule has 2 rings (SSSR count). The van der Waals surface area contributed by atoms with Crippen molar-refractivity contribution in [2.45, 2.75) is 50.3 Å². The van der Waals surface area contributed by atoms with Gasteiger partial charge in [0.25, 0.3) is 0 Å². The van der Waals surface area contributed by atoms with Crippen LogP contribution in [0.1, 0.15) is 13.3 Å². The molecule has 2 aliphatic rings. The van der Waals surface area contributed by atoms with Crippen LogP contribution in [0.2, 0.25) is 19.6 Å². The lowest BCUT2D eigenvalue weighted by Crippen LogP contribution is -2.47. The average molecular weight is 385 g/mol. The fourth-order valence-corrected chi connectivity index (χ4v) is 4.19. The van der Waals surface area contributed by atoms with Crippen molar-refractivity contribution in [3.05, 3.63) is 11.6 Å². The van der Waals surface area contributed by atoms with Crippen LogP contribution in [0.25, 0.3) is 0 Å². The number of aliphatic hydroxyl groups is 1. The van der Waals surface area contributed by atoms with Crippen LogP contribution in [0.4, 0.5) is 0 Å². The van der Waals surface area contributed by atoms with Crippen molar-refractivity contribution in [2.75, 3.05) is 41.0 Å². The van der Waals surface area contributed by atoms with E-state index in [-0.39, 0.29) is 32.2 Å². The molecule has 0 aromatic rings. The Hall–Kier alpha value is -0.723. The molecule has 0 spiro atoms. The van der Waals surface area contributed by atoms with Crippen LogP contribution in [0.15, 0.2) is 11.6 Å². The van der Waals surface area contributed by atoms with E-state index in [1.165, 1.54) is 0 Å². The van der Waals surface area contributed by atoms with E-state index < -0.39 is 19.3 Å². The summed E-state index contributed by atoms with van der Waals surface area (Å²) < 4.78 is 28.4. The van der Waals surface area contributed by atoms with Crippen molar-refractivity contribution in [3.8, 4) is 11.5 Å². The Morgan fingerprint density at radius 2 is 1.96 bits per heavy atom. The highest BCUT2D eigenvalue weighted by molar-refractivity contribution is 6.83. The molecule has 0 saturated carbocycles. The Morgan fingerprint density at radius 3 is 2.54 bits per heavy atom. The fraction of sp³-hybridized carbons (Fsp3) is 0.789. The molecule has 1 saturated heterocycles. The summed E-state index contributed by atoms with van der Waals surface area (Å²) in [6, 6.07) is 0. The molecule has 0 amide bonds. The molecular weight excluding hydrogens is 352 g/mol. The highest BCUT2D eigenvalue weighted by Crippen LogP contribution is 2.52. The van der Waals surface area contributed by atoms with Crippen LogP contribution in [-0.4, -0.2) is 71.5 Å². The summed E-state index contributed by atoms with van der Waals surface area (Å²) in [5.74, 6) is 3.41. The number of methoxy groups -OCH3 is 2. The summed E-state index contributed by atoms with van der Waals surface area (Å²) >= 11 is 0. The second-order valence-electron chi connectivity index (χ2n) is 8.13. The van der Waals surface area contributed by atoms with E-state index >= 15 is 0 Å². The predicted molar refractivity (Wildman–Crippen MR) is 101 cm³/mol. The molecule has 0 unspecified atom stereocenters. The number of aliphatic hydroxyl groups excluding tert-OH is 1. The molecule has 1 fully saturated rings. The molecule has 26 heavy (non-hydrogen) atoms. The summed E-state index contributed by atoms with van der Waals surface area (Å²) in [4.78, 5) is 0. The van der Waals surface area contributed by atoms with Gasteiger partial charge in [-0.1, -0.05) is 31.6 Å². The van der Waals surface area contributed by atoms with Gasteiger partial charge in [-0.25, -0.2) is 0 Å². The number of hydrogen-bond acceptors (Lipinski definition) is 6. The van der Waals surface area contributed by atoms with Crippen molar-refractivity contribution in [3.63, 3.8) is 0 Å². The number of rotatable bonds is 8. The van der Waals surface area contributed by atoms with E-state index in [9.17, 15) is 5.11 Å². The average Bonchev–Trinajstić information content (AvgIpc) is 2.73. The van der Waals surface area contributed by atoms with Gasteiger partial charge in [0.1, 0.15) is 27.8 Å². The Morgan fingerprint density at radius 1 is 1.27 bits per heavy atom. The molecule has 4 atom stereocenters. The molecule has 0 radical (unpaired) electrons. The zero-order chi connectivity index (χ0) is 19.4. The summed E-state index contributed by atoms with van der Waals surface area (Å²) in [5.41, 5.74) is 2.60. The first-order valence-electron chi connectivity index (χ1n) is 8.94. The Bertz CT molecular complexity index is 575. The fourth-order valence-electron chi connectivity index (χ4n) is 3.63. The molecular formula is C19H32O6Si. The van der Waals surface area contributed by atoms with E-state index in [4.69, 9.17) is 23.7 Å². The Labute approximate surface area is 157 Å². The van der Waals surface area contributed by atoms with Gasteiger partial charge in [-0.05, 0) is 18.9 Å². The number of ether oxygens (including phenoxy) is 5. The third-order valence-electron chi connectivity index (χ3n) is 4.79. The maximum Gasteiger partial charge on any atom is 0.178 e. The van der Waals surface area contributed by atoms with E-state index in [2.05, 4.69) is 31.1 Å². The first-order valence-corrected chi connectivity index (χ1v) is 12.4. The van der Waals surface area contributed by atoms with Crippen molar-refractivity contribution in [1.29, 1.82) is 0 Å². The summed E-state index contributed by atoms with van der Waals surface area (Å²) in [6.45, 7) is 9.15. The van der Waals surface area contributed by atoms with E-state index in [0.29, 0.717) is 6.61 Å². The molecule has 148 valence electrons. The van der Waals surface area contributed by atoms with Gasteiger partial charge in [0, 0.05) is 20.1 Å². The largest absolute Gasteiger partial charge is 0.392 e. The summed E-state index contributed by atoms with van der Waals surface area (Å²) in [5, 5.41) is 9.99. The smallest absolute Gasteiger partial charge is 0.178 e. The van der Waals surface area contributed by atoms with Crippen LogP contribution in [-0.2, 0) is 23.7 Å². The highest BCUT2D eigenvalue weighted by Gasteiger charge is 2.63. The minimum absolute atomic E-state index is 0.0424. The molecule has 6 nitrogen and oxygen atoms in total. The van der Waals surface area contributed by atoms with Crippen molar-refractivity contribution in [1.82, 2.24) is 0 Å². The minimum Gasteiger partial charge on any atom is -0.392 e. The van der Waals surface area contributed by atoms with Gasteiger partial charge in [0.05, 0.1) is 18.8 Å². The van der Waals surface area contributed by atoms with Crippen molar-refractivity contribution >= 4 is 8.07 Å². The van der Waals surface area contributed by atoms with Gasteiger partial charge in [-0.2, -0.15) is 0 Å². The Balaban J connectivity index is 2.45. The first-order chi connectivity index (χ1) is 12.2. The van der Waals surface area contributed by atoms with Crippen LogP contribution in [0.5, 0.6) is 0 Å². The zero-order valence-electron chi connectivity index (χ0n) is 16.8. The molecule has 2 bridgehead atoms. The summed E-state index contributed by atoms with van der Waals surface area (Å²) in [7, 11) is 1.53. The van der Waals surface area contributed by atoms with Gasteiger partial charge in [0.15, 0.2) is 5.60 Å². The van der Waals surface area contributed by atoms with E-state index in [1.54, 1.807) is 14.2 Å². The number of hydrogen-bond donors (Lipinski definition) is 1. The SMILES string of the molecule is COCOC[C@]1(C)O[C@@]2(C#C[Si](C)(C)C)C(CO)=CC[C@@H]1[C@H]2OCOC. The molecule has 0 aromatic heterocycles. The first kappa shape index (κ1) is 21.6. The van der Waals surface area contributed by atoms with Crippen molar-refractivity contribution in [2.24, 2.45) is 5.92 Å². The quantitative estimate of drug-likeness (QED) is 0.227. The number of fused-ring (bicyclic) bond motifs is 2. The molecule has 7 heteroatoms. The van der Waals surface area contributed by atoms with Gasteiger partial charge in [-0.3, -0.25) is 0 Å². The molecule has 1 aliphatic carbocycles. The van der Waals surface area contributed by atoms with E-state index in [0.717, 1.165) is 12.0 Å². The van der Waals surface area contributed by atoms with Gasteiger partial charge in [-0.15, -0.1) is 5.54 Å². The highest BCUT2D eigenvalue weighted by atomic mass is 28.3. The third-order valence-corrected chi connectivity index (χ3v) is 5.66. The second kappa shape index (κ2) is 8.53. The van der Waals surface area contributed by atoms with Crippen LogP contribution < -0.4 is 0 Å². The standard InChI is InChI=1S/C19H32O6Si/c1-18(12-23-13-21-2)16-8-7-15(11-20)19(25-18,9-10-26(4,5)6)17(16)24-14-22-3/h7,16-17,20H,8,11-14H2,1-6H3/t16-,17-,18+,19+/m1/s1. The normalized spacial score (nSPS) is 33.6. The van der Waals surface area contributed by atoms with Crippen molar-refractivity contribution < 1.29 is 28.8 Å². The molecule has 1 N–H and O–H groups in total. The monoisotopic (exact) mass is 384 g/mol. The maximum absolute atomic E-state index is 9.99. The predicted octanol–water partition coefficient (Wildman–Crippen LogP) is 1.94. The third kappa shape index (κ3) is 4.39. The second-order valence-corrected chi connectivity index (χ2v) is 12.9.